The van der Waals surface area contributed by atoms with Gasteiger partial charge in [-0.05, 0) is 50.5 Å². The largest absolute Gasteiger partial charge is 0.461 e. The van der Waals surface area contributed by atoms with E-state index in [1.54, 1.807) is 24.9 Å². The molecule has 1 aliphatic carbocycles. The Balaban J connectivity index is 1.56. The molecule has 0 spiro atoms. The van der Waals surface area contributed by atoms with Gasteiger partial charge < -0.3 is 14.7 Å². The zero-order valence-corrected chi connectivity index (χ0v) is 19.8. The maximum atomic E-state index is 12.9. The van der Waals surface area contributed by atoms with Crippen LogP contribution < -0.4 is 0 Å². The van der Waals surface area contributed by atoms with E-state index in [4.69, 9.17) is 9.84 Å². The average Bonchev–Trinajstić information content (AvgIpc) is 3.59. The molecule has 5 rings (SSSR count). The third kappa shape index (κ3) is 4.10. The van der Waals surface area contributed by atoms with Crippen molar-refractivity contribution in [2.45, 2.75) is 44.2 Å². The number of esters is 1. The van der Waals surface area contributed by atoms with Crippen LogP contribution in [-0.4, -0.2) is 67.2 Å². The van der Waals surface area contributed by atoms with Gasteiger partial charge in [0.25, 0.3) is 5.91 Å². The molecule has 2 atom stereocenters. The van der Waals surface area contributed by atoms with E-state index in [9.17, 15) is 14.7 Å². The Hall–Kier alpha value is -3.90. The van der Waals surface area contributed by atoms with Gasteiger partial charge in [0, 0.05) is 43.5 Å². The molecule has 1 fully saturated rings. The first-order valence-corrected chi connectivity index (χ1v) is 11.8. The Morgan fingerprint density at radius 1 is 1.34 bits per heavy atom. The molecule has 3 aromatic rings. The first-order valence-electron chi connectivity index (χ1n) is 11.8. The summed E-state index contributed by atoms with van der Waals surface area (Å²) in [6.07, 6.45) is 6.43. The van der Waals surface area contributed by atoms with Crippen LogP contribution in [0.15, 0.2) is 42.7 Å². The van der Waals surface area contributed by atoms with E-state index in [2.05, 4.69) is 16.9 Å². The number of likely N-dealkylation sites (tertiary alicyclic amines) is 1. The van der Waals surface area contributed by atoms with Crippen molar-refractivity contribution in [1.82, 2.24) is 24.5 Å². The Bertz CT molecular complexity index is 1330. The molecule has 35 heavy (non-hydrogen) atoms. The van der Waals surface area contributed by atoms with Crippen LogP contribution in [0.25, 0.3) is 5.69 Å². The number of hydrogen-bond donors (Lipinski definition) is 1. The van der Waals surface area contributed by atoms with E-state index in [1.165, 1.54) is 4.90 Å². The van der Waals surface area contributed by atoms with E-state index in [1.807, 2.05) is 41.2 Å². The average molecular weight is 474 g/mol. The van der Waals surface area contributed by atoms with Crippen molar-refractivity contribution in [3.05, 3.63) is 65.2 Å². The summed E-state index contributed by atoms with van der Waals surface area (Å²) < 4.78 is 8.98. The van der Waals surface area contributed by atoms with Crippen LogP contribution in [0.1, 0.15) is 59.5 Å². The fraction of sp³-hybridized carbons (Fsp3) is 0.385. The number of benzene rings is 1. The maximum absolute atomic E-state index is 12.9. The van der Waals surface area contributed by atoms with Crippen LogP contribution in [0.5, 0.6) is 0 Å². The van der Waals surface area contributed by atoms with E-state index < -0.39 is 11.6 Å². The summed E-state index contributed by atoms with van der Waals surface area (Å²) in [6.45, 7) is 2.50. The number of hydrogen-bond acceptors (Lipinski definition) is 6. The minimum Gasteiger partial charge on any atom is -0.461 e. The van der Waals surface area contributed by atoms with Crippen molar-refractivity contribution < 1.29 is 19.4 Å². The van der Waals surface area contributed by atoms with Gasteiger partial charge in [-0.3, -0.25) is 9.48 Å². The second-order valence-corrected chi connectivity index (χ2v) is 8.87. The molecule has 0 bridgehead atoms. The molecule has 0 radical (unpaired) electrons. The third-order valence-electron chi connectivity index (χ3n) is 6.57. The number of carbonyl (C=O) groups excluding carboxylic acids is 2. The predicted molar refractivity (Wildman–Crippen MR) is 127 cm³/mol. The summed E-state index contributed by atoms with van der Waals surface area (Å²) in [5.74, 6) is 4.88. The Labute approximate surface area is 203 Å². The molecule has 9 heteroatoms. The fourth-order valence-electron chi connectivity index (χ4n) is 4.82. The van der Waals surface area contributed by atoms with E-state index in [-0.39, 0.29) is 25.0 Å². The minimum absolute atomic E-state index is 0.107. The second-order valence-electron chi connectivity index (χ2n) is 8.87. The summed E-state index contributed by atoms with van der Waals surface area (Å²) in [6, 6.07) is 9.17. The number of carbonyl (C=O) groups is 2. The van der Waals surface area contributed by atoms with E-state index >= 15 is 0 Å². The number of ether oxygens (including phenoxy) is 1. The summed E-state index contributed by atoms with van der Waals surface area (Å²) in [5, 5.41) is 19.7. The Kier molecular flexibility index (Phi) is 5.91. The fourth-order valence-corrected chi connectivity index (χ4v) is 4.82. The topological polar surface area (TPSA) is 102 Å². The van der Waals surface area contributed by atoms with Crippen molar-refractivity contribution in [2.75, 3.05) is 20.2 Å². The number of aliphatic hydroxyl groups is 1. The standard InChI is InChI=1S/C26H27N5O4/c1-3-35-24(32)23-22-20(30-15-6-14-27-30)9-5-10-21(22)31(28-23)19-8-4-7-18(17-19)11-12-26(34)13-16-29(2)25(26)33/h4,6-8,14-15,17,20,34H,3,5,9-10,13,16H2,1-2H3/t20?,26-/m0/s1. The van der Waals surface area contributed by atoms with Gasteiger partial charge in [-0.2, -0.15) is 10.2 Å². The first kappa shape index (κ1) is 22.9. The predicted octanol–water partition coefficient (Wildman–Crippen LogP) is 2.12. The lowest BCUT2D eigenvalue weighted by Crippen LogP contribution is -2.37. The van der Waals surface area contributed by atoms with E-state index in [0.717, 1.165) is 36.2 Å². The van der Waals surface area contributed by atoms with Crippen LogP contribution in [0.2, 0.25) is 0 Å². The van der Waals surface area contributed by atoms with Crippen LogP contribution in [0.4, 0.5) is 0 Å². The zero-order chi connectivity index (χ0) is 24.6. The van der Waals surface area contributed by atoms with Crippen LogP contribution in [0.3, 0.4) is 0 Å². The minimum atomic E-state index is -1.66. The van der Waals surface area contributed by atoms with Crippen LogP contribution >= 0.6 is 0 Å². The summed E-state index contributed by atoms with van der Waals surface area (Å²) in [4.78, 5) is 26.6. The maximum Gasteiger partial charge on any atom is 0.359 e. The van der Waals surface area contributed by atoms with Crippen LogP contribution in [-0.2, 0) is 16.0 Å². The molecule has 1 saturated heterocycles. The number of fused-ring (bicyclic) bond motifs is 1. The lowest BCUT2D eigenvalue weighted by Gasteiger charge is -2.24. The SMILES string of the molecule is CCOC(=O)c1nn(-c2cccc(C#C[C@]3(O)CCN(C)C3=O)c2)c2c1C(n1cccn1)CCC2. The van der Waals surface area contributed by atoms with Gasteiger partial charge in [-0.25, -0.2) is 9.48 Å². The van der Waals surface area contributed by atoms with Gasteiger partial charge in [0.15, 0.2) is 5.69 Å². The van der Waals surface area contributed by atoms with Crippen molar-refractivity contribution in [2.24, 2.45) is 0 Å². The van der Waals surface area contributed by atoms with E-state index in [0.29, 0.717) is 17.8 Å². The molecule has 2 aromatic heterocycles. The Morgan fingerprint density at radius 3 is 2.91 bits per heavy atom. The van der Waals surface area contributed by atoms with Crippen LogP contribution in [0, 0.1) is 11.8 Å². The van der Waals surface area contributed by atoms with Crippen molar-refractivity contribution in [3.8, 4) is 17.5 Å². The highest BCUT2D eigenvalue weighted by atomic mass is 16.5. The second kappa shape index (κ2) is 9.04. The first-order chi connectivity index (χ1) is 16.9. The molecule has 9 nitrogen and oxygen atoms in total. The van der Waals surface area contributed by atoms with Gasteiger partial charge >= 0.3 is 5.97 Å². The van der Waals surface area contributed by atoms with Gasteiger partial charge in [0.05, 0.1) is 24.0 Å². The van der Waals surface area contributed by atoms with Gasteiger partial charge in [0.2, 0.25) is 5.60 Å². The molecular weight excluding hydrogens is 446 g/mol. The molecule has 1 amide bonds. The Morgan fingerprint density at radius 2 is 2.20 bits per heavy atom. The number of likely N-dealkylation sites (N-methyl/N-ethyl adjacent to an activating group) is 1. The molecule has 180 valence electrons. The smallest absolute Gasteiger partial charge is 0.359 e. The summed E-state index contributed by atoms with van der Waals surface area (Å²) in [5.41, 5.74) is 1.79. The van der Waals surface area contributed by atoms with Gasteiger partial charge in [0.1, 0.15) is 0 Å². The molecule has 1 unspecified atom stereocenters. The zero-order valence-electron chi connectivity index (χ0n) is 19.8. The lowest BCUT2D eigenvalue weighted by molar-refractivity contribution is -0.137. The third-order valence-corrected chi connectivity index (χ3v) is 6.57. The van der Waals surface area contributed by atoms with Crippen molar-refractivity contribution in [3.63, 3.8) is 0 Å². The number of amides is 1. The molecule has 3 heterocycles. The van der Waals surface area contributed by atoms with Crippen molar-refractivity contribution >= 4 is 11.9 Å². The summed E-state index contributed by atoms with van der Waals surface area (Å²) >= 11 is 0. The molecule has 0 saturated carbocycles. The molecule has 1 aliphatic heterocycles. The summed E-state index contributed by atoms with van der Waals surface area (Å²) in [7, 11) is 1.65. The van der Waals surface area contributed by atoms with Crippen molar-refractivity contribution in [1.29, 1.82) is 0 Å². The quantitative estimate of drug-likeness (QED) is 0.460. The number of rotatable bonds is 4. The van der Waals surface area contributed by atoms with Gasteiger partial charge in [-0.15, -0.1) is 0 Å². The van der Waals surface area contributed by atoms with Gasteiger partial charge in [-0.1, -0.05) is 17.9 Å². The molecular formula is C26H27N5O4. The molecule has 1 N–H and O–H groups in total. The highest BCUT2D eigenvalue weighted by Crippen LogP contribution is 2.36. The number of nitrogens with zero attached hydrogens (tertiary/aromatic N) is 5. The molecule has 2 aliphatic rings. The highest BCUT2D eigenvalue weighted by Gasteiger charge is 2.42. The normalized spacial score (nSPS) is 21.4. The number of aromatic nitrogens is 4. The highest BCUT2D eigenvalue weighted by molar-refractivity contribution is 5.91. The lowest BCUT2D eigenvalue weighted by atomic mass is 9.90. The monoisotopic (exact) mass is 473 g/mol. The molecule has 1 aromatic carbocycles.